The van der Waals surface area contributed by atoms with Crippen LogP contribution in [-0.4, -0.2) is 11.8 Å². The van der Waals surface area contributed by atoms with Crippen molar-refractivity contribution in [3.63, 3.8) is 0 Å². The van der Waals surface area contributed by atoms with Gasteiger partial charge in [-0.3, -0.25) is 9.59 Å². The van der Waals surface area contributed by atoms with E-state index in [9.17, 15) is 9.59 Å². The molecule has 0 radical (unpaired) electrons. The molecule has 1 aromatic carbocycles. The highest BCUT2D eigenvalue weighted by molar-refractivity contribution is 9.10. The van der Waals surface area contributed by atoms with Gasteiger partial charge in [-0.25, -0.2) is 4.90 Å². The highest BCUT2D eigenvalue weighted by atomic mass is 79.9. The maximum atomic E-state index is 11.9. The van der Waals surface area contributed by atoms with Gasteiger partial charge in [-0.15, -0.1) is 0 Å². The predicted molar refractivity (Wildman–Crippen MR) is 63.2 cm³/mol. The molecule has 2 atom stereocenters. The minimum absolute atomic E-state index is 0.0949. The van der Waals surface area contributed by atoms with Gasteiger partial charge >= 0.3 is 0 Å². The lowest BCUT2D eigenvalue weighted by molar-refractivity contribution is -0.123. The van der Waals surface area contributed by atoms with E-state index in [0.29, 0.717) is 17.1 Å². The Kier molecular flexibility index (Phi) is 2.13. The Morgan fingerprint density at radius 1 is 1.25 bits per heavy atom. The standard InChI is InChI=1S/C11H7BrClNO2/c12-5-1-2-8(13)9(3-5)14-10(15)6-4-7(6)11(14)16/h1-3,6-7H,4H2. The first kappa shape index (κ1) is 10.3. The topological polar surface area (TPSA) is 37.4 Å². The number of hydrogen-bond donors (Lipinski definition) is 0. The molecule has 1 aliphatic heterocycles. The second kappa shape index (κ2) is 3.31. The number of anilines is 1. The molecule has 1 aromatic rings. The molecule has 3 nitrogen and oxygen atoms in total. The van der Waals surface area contributed by atoms with Crippen molar-refractivity contribution in [1.82, 2.24) is 0 Å². The molecule has 3 rings (SSSR count). The Balaban J connectivity index is 2.07. The third-order valence-corrected chi connectivity index (χ3v) is 3.83. The van der Waals surface area contributed by atoms with Crippen LogP contribution in [0.2, 0.25) is 5.02 Å². The number of nitrogens with zero attached hydrogens (tertiary/aromatic N) is 1. The van der Waals surface area contributed by atoms with Crippen molar-refractivity contribution in [3.8, 4) is 0 Å². The van der Waals surface area contributed by atoms with E-state index < -0.39 is 0 Å². The molecule has 1 aliphatic carbocycles. The van der Waals surface area contributed by atoms with E-state index in [1.165, 1.54) is 4.90 Å². The van der Waals surface area contributed by atoms with Gasteiger partial charge in [-0.1, -0.05) is 27.5 Å². The van der Waals surface area contributed by atoms with Crippen LogP contribution in [0.5, 0.6) is 0 Å². The average molecular weight is 301 g/mol. The fourth-order valence-corrected chi connectivity index (χ4v) is 2.63. The van der Waals surface area contributed by atoms with Crippen LogP contribution < -0.4 is 4.90 Å². The predicted octanol–water partition coefficient (Wildman–Crippen LogP) is 2.61. The number of fused-ring (bicyclic) bond motifs is 1. The smallest absolute Gasteiger partial charge is 0.237 e. The molecule has 5 heteroatoms. The molecule has 0 aromatic heterocycles. The maximum Gasteiger partial charge on any atom is 0.237 e. The number of carbonyl (C=O) groups excluding carboxylic acids is 2. The van der Waals surface area contributed by atoms with Crippen molar-refractivity contribution in [3.05, 3.63) is 27.7 Å². The van der Waals surface area contributed by atoms with Crippen molar-refractivity contribution in [1.29, 1.82) is 0 Å². The van der Waals surface area contributed by atoms with Gasteiger partial charge in [-0.05, 0) is 24.6 Å². The monoisotopic (exact) mass is 299 g/mol. The highest BCUT2D eigenvalue weighted by Gasteiger charge is 2.59. The number of benzene rings is 1. The summed E-state index contributed by atoms with van der Waals surface area (Å²) in [6, 6.07) is 5.14. The average Bonchev–Trinajstić information content (AvgIpc) is 2.98. The Morgan fingerprint density at radius 2 is 1.88 bits per heavy atom. The van der Waals surface area contributed by atoms with E-state index in [4.69, 9.17) is 11.6 Å². The maximum absolute atomic E-state index is 11.9. The molecule has 1 saturated carbocycles. The van der Waals surface area contributed by atoms with Crippen LogP contribution in [0.1, 0.15) is 6.42 Å². The molecule has 1 heterocycles. The number of piperidine rings is 1. The zero-order valence-electron chi connectivity index (χ0n) is 8.11. The summed E-state index contributed by atoms with van der Waals surface area (Å²) in [5.41, 5.74) is 0.484. The van der Waals surface area contributed by atoms with Crippen molar-refractivity contribution in [2.75, 3.05) is 4.90 Å². The van der Waals surface area contributed by atoms with Gasteiger partial charge in [-0.2, -0.15) is 0 Å². The lowest BCUT2D eigenvalue weighted by Gasteiger charge is -2.17. The van der Waals surface area contributed by atoms with Crippen molar-refractivity contribution in [2.45, 2.75) is 6.42 Å². The summed E-state index contributed by atoms with van der Waals surface area (Å²) in [4.78, 5) is 24.9. The molecule has 1 saturated heterocycles. The van der Waals surface area contributed by atoms with Gasteiger partial charge in [0.05, 0.1) is 22.5 Å². The molecule has 2 aliphatic rings. The summed E-state index contributed by atoms with van der Waals surface area (Å²) in [6.45, 7) is 0. The number of hydrogen-bond acceptors (Lipinski definition) is 2. The van der Waals surface area contributed by atoms with Gasteiger partial charge in [0.1, 0.15) is 0 Å². The van der Waals surface area contributed by atoms with E-state index in [-0.39, 0.29) is 23.7 Å². The minimum atomic E-state index is -0.116. The Hall–Kier alpha value is -0.870. The van der Waals surface area contributed by atoms with E-state index in [1.54, 1.807) is 18.2 Å². The molecule has 16 heavy (non-hydrogen) atoms. The molecule has 2 unspecified atom stereocenters. The van der Waals surface area contributed by atoms with Crippen LogP contribution in [0.3, 0.4) is 0 Å². The van der Waals surface area contributed by atoms with E-state index in [2.05, 4.69) is 15.9 Å². The van der Waals surface area contributed by atoms with Gasteiger partial charge < -0.3 is 0 Å². The number of rotatable bonds is 1. The van der Waals surface area contributed by atoms with Crippen LogP contribution in [0, 0.1) is 11.8 Å². The van der Waals surface area contributed by atoms with E-state index >= 15 is 0 Å². The molecule has 0 bridgehead atoms. The first-order valence-electron chi connectivity index (χ1n) is 4.92. The van der Waals surface area contributed by atoms with Gasteiger partial charge in [0.25, 0.3) is 0 Å². The van der Waals surface area contributed by atoms with Gasteiger partial charge in [0.15, 0.2) is 0 Å². The summed E-state index contributed by atoms with van der Waals surface area (Å²) in [6.07, 6.45) is 0.708. The highest BCUT2D eigenvalue weighted by Crippen LogP contribution is 2.49. The second-order valence-electron chi connectivity index (χ2n) is 4.06. The fourth-order valence-electron chi connectivity index (χ4n) is 2.08. The van der Waals surface area contributed by atoms with Crippen LogP contribution in [0.25, 0.3) is 0 Å². The molecular weight excluding hydrogens is 293 g/mol. The van der Waals surface area contributed by atoms with E-state index in [1.807, 2.05) is 0 Å². The van der Waals surface area contributed by atoms with E-state index in [0.717, 1.165) is 4.47 Å². The summed E-state index contributed by atoms with van der Waals surface area (Å²) < 4.78 is 0.799. The molecular formula is C11H7BrClNO2. The first-order valence-corrected chi connectivity index (χ1v) is 6.09. The number of amides is 2. The lowest BCUT2D eigenvalue weighted by atomic mass is 10.2. The number of halogens is 2. The van der Waals surface area contributed by atoms with Crippen LogP contribution in [0.4, 0.5) is 5.69 Å². The summed E-state index contributed by atoms with van der Waals surface area (Å²) in [5.74, 6) is -0.421. The van der Waals surface area contributed by atoms with Gasteiger partial charge in [0, 0.05) is 4.47 Å². The first-order chi connectivity index (χ1) is 7.59. The lowest BCUT2D eigenvalue weighted by Crippen LogP contribution is -2.32. The van der Waals surface area contributed by atoms with Crippen LogP contribution >= 0.6 is 27.5 Å². The Bertz CT molecular complexity index is 497. The Morgan fingerprint density at radius 3 is 2.50 bits per heavy atom. The quantitative estimate of drug-likeness (QED) is 0.748. The molecule has 0 spiro atoms. The number of imide groups is 1. The molecule has 0 N–H and O–H groups in total. The van der Waals surface area contributed by atoms with Crippen LogP contribution in [0.15, 0.2) is 22.7 Å². The third kappa shape index (κ3) is 1.33. The fraction of sp³-hybridized carbons (Fsp3) is 0.273. The summed E-state index contributed by atoms with van der Waals surface area (Å²) >= 11 is 9.30. The molecule has 82 valence electrons. The SMILES string of the molecule is O=C1C2CC2C(=O)N1c1cc(Br)ccc1Cl. The normalized spacial score (nSPS) is 27.2. The zero-order valence-corrected chi connectivity index (χ0v) is 10.5. The summed E-state index contributed by atoms with van der Waals surface area (Å²) in [7, 11) is 0. The largest absolute Gasteiger partial charge is 0.274 e. The minimum Gasteiger partial charge on any atom is -0.274 e. The van der Waals surface area contributed by atoms with Gasteiger partial charge in [0.2, 0.25) is 11.8 Å². The zero-order chi connectivity index (χ0) is 11.4. The molecule has 2 amide bonds. The second-order valence-corrected chi connectivity index (χ2v) is 5.38. The van der Waals surface area contributed by atoms with Crippen molar-refractivity contribution >= 4 is 45.0 Å². The third-order valence-electron chi connectivity index (χ3n) is 3.01. The summed E-state index contributed by atoms with van der Waals surface area (Å²) in [5, 5.41) is 0.422. The number of carbonyl (C=O) groups is 2. The van der Waals surface area contributed by atoms with Crippen molar-refractivity contribution in [2.24, 2.45) is 11.8 Å². The molecule has 2 fully saturated rings. The van der Waals surface area contributed by atoms with Crippen LogP contribution in [-0.2, 0) is 9.59 Å². The Labute approximate surface area is 105 Å². The van der Waals surface area contributed by atoms with Crippen molar-refractivity contribution < 1.29 is 9.59 Å².